The summed E-state index contributed by atoms with van der Waals surface area (Å²) in [6.07, 6.45) is -2.98. The average Bonchev–Trinajstić information content (AvgIpc) is 2.26. The first-order valence-corrected chi connectivity index (χ1v) is 6.03. The number of carbonyl (C=O) groups excluding carboxylic acids is 1. The lowest BCUT2D eigenvalue weighted by Gasteiger charge is -2.32. The quantitative estimate of drug-likeness (QED) is 0.791. The third kappa shape index (κ3) is 4.81. The number of amides is 1. The minimum atomic E-state index is -4.44. The van der Waals surface area contributed by atoms with Crippen molar-refractivity contribution in [3.8, 4) is 0 Å². The molecule has 1 fully saturated rings. The summed E-state index contributed by atoms with van der Waals surface area (Å²) in [6, 6.07) is -0.567. The van der Waals surface area contributed by atoms with Crippen LogP contribution in [-0.4, -0.2) is 54.4 Å². The molecule has 106 valence electrons. The highest BCUT2D eigenvalue weighted by atomic mass is 19.4. The van der Waals surface area contributed by atoms with Gasteiger partial charge in [-0.25, -0.2) is 0 Å². The van der Waals surface area contributed by atoms with Crippen LogP contribution in [-0.2, 0) is 4.79 Å². The van der Waals surface area contributed by atoms with Crippen LogP contribution in [0.3, 0.4) is 0 Å². The van der Waals surface area contributed by atoms with Crippen molar-refractivity contribution in [3.63, 3.8) is 0 Å². The molecule has 0 aromatic rings. The lowest BCUT2D eigenvalue weighted by molar-refractivity contribution is -0.163. The molecule has 1 aliphatic heterocycles. The van der Waals surface area contributed by atoms with Crippen molar-refractivity contribution in [2.24, 2.45) is 5.92 Å². The van der Waals surface area contributed by atoms with Crippen LogP contribution in [0.15, 0.2) is 0 Å². The first-order chi connectivity index (χ1) is 8.33. The number of aliphatic hydroxyl groups excluding tert-OH is 1. The molecule has 0 aliphatic carbocycles. The Morgan fingerprint density at radius 1 is 1.50 bits per heavy atom. The Bertz CT molecular complexity index is 284. The van der Waals surface area contributed by atoms with Crippen molar-refractivity contribution in [2.75, 3.05) is 26.2 Å². The van der Waals surface area contributed by atoms with Gasteiger partial charge >= 0.3 is 6.18 Å². The summed E-state index contributed by atoms with van der Waals surface area (Å²) in [5.74, 6) is -0.255. The summed E-state index contributed by atoms with van der Waals surface area (Å²) in [5, 5.41) is 11.7. The van der Waals surface area contributed by atoms with Gasteiger partial charge in [0.15, 0.2) is 0 Å². The number of alkyl halides is 3. The van der Waals surface area contributed by atoms with E-state index in [-0.39, 0.29) is 6.54 Å². The normalized spacial score (nSPS) is 24.9. The number of aliphatic hydroxyl groups is 1. The standard InChI is InChI=1S/C11H19F3N2O2/c1-8-2-3-15-9(6-8)10(18)16(4-5-17)7-11(12,13)14/h8-9,15,17H,2-7H2,1H3. The molecule has 18 heavy (non-hydrogen) atoms. The van der Waals surface area contributed by atoms with Gasteiger partial charge in [0.25, 0.3) is 0 Å². The van der Waals surface area contributed by atoms with Gasteiger partial charge in [0.05, 0.1) is 12.6 Å². The predicted molar refractivity (Wildman–Crippen MR) is 59.9 cm³/mol. The molecule has 0 radical (unpaired) electrons. The van der Waals surface area contributed by atoms with Crippen LogP contribution in [0.2, 0.25) is 0 Å². The number of halogens is 3. The SMILES string of the molecule is CC1CCNC(C(=O)N(CCO)CC(F)(F)F)C1. The molecule has 7 heteroatoms. The zero-order chi connectivity index (χ0) is 13.8. The Labute approximate surface area is 104 Å². The number of nitrogens with zero attached hydrogens (tertiary/aromatic N) is 1. The third-order valence-corrected chi connectivity index (χ3v) is 3.02. The van der Waals surface area contributed by atoms with E-state index < -0.39 is 31.3 Å². The van der Waals surface area contributed by atoms with Gasteiger partial charge in [0.1, 0.15) is 6.54 Å². The average molecular weight is 268 g/mol. The van der Waals surface area contributed by atoms with Gasteiger partial charge in [0.2, 0.25) is 5.91 Å². The summed E-state index contributed by atoms with van der Waals surface area (Å²) in [5.41, 5.74) is 0. The van der Waals surface area contributed by atoms with Crippen LogP contribution in [0, 0.1) is 5.92 Å². The second-order valence-corrected chi connectivity index (χ2v) is 4.73. The number of hydrogen-bond donors (Lipinski definition) is 2. The number of piperidine rings is 1. The van der Waals surface area contributed by atoms with Crippen LogP contribution in [0.5, 0.6) is 0 Å². The molecular formula is C11H19F3N2O2. The smallest absolute Gasteiger partial charge is 0.395 e. The number of nitrogens with one attached hydrogen (secondary N) is 1. The molecular weight excluding hydrogens is 249 g/mol. The second kappa shape index (κ2) is 6.38. The second-order valence-electron chi connectivity index (χ2n) is 4.73. The molecule has 1 saturated heterocycles. The number of hydrogen-bond acceptors (Lipinski definition) is 3. The zero-order valence-electron chi connectivity index (χ0n) is 10.3. The Morgan fingerprint density at radius 2 is 2.17 bits per heavy atom. The largest absolute Gasteiger partial charge is 0.406 e. The molecule has 4 nitrogen and oxygen atoms in total. The Hall–Kier alpha value is -0.820. The van der Waals surface area contributed by atoms with E-state index in [4.69, 9.17) is 5.11 Å². The Kier molecular flexibility index (Phi) is 5.40. The molecule has 0 aromatic heterocycles. The fourth-order valence-corrected chi connectivity index (χ4v) is 2.12. The van der Waals surface area contributed by atoms with E-state index in [0.717, 1.165) is 6.42 Å². The molecule has 2 N–H and O–H groups in total. The highest BCUT2D eigenvalue weighted by Crippen LogP contribution is 2.20. The summed E-state index contributed by atoms with van der Waals surface area (Å²) < 4.78 is 37.0. The lowest BCUT2D eigenvalue weighted by atomic mass is 9.93. The summed E-state index contributed by atoms with van der Waals surface area (Å²) in [7, 11) is 0. The topological polar surface area (TPSA) is 52.6 Å². The molecule has 2 atom stereocenters. The fraction of sp³-hybridized carbons (Fsp3) is 0.909. The molecule has 1 aliphatic rings. The Morgan fingerprint density at radius 3 is 2.67 bits per heavy atom. The van der Waals surface area contributed by atoms with Gasteiger partial charge < -0.3 is 15.3 Å². The van der Waals surface area contributed by atoms with Crippen molar-refractivity contribution in [1.82, 2.24) is 10.2 Å². The van der Waals surface area contributed by atoms with E-state index in [9.17, 15) is 18.0 Å². The molecule has 2 unspecified atom stereocenters. The van der Waals surface area contributed by atoms with Crippen molar-refractivity contribution in [1.29, 1.82) is 0 Å². The fourth-order valence-electron chi connectivity index (χ4n) is 2.12. The monoisotopic (exact) mass is 268 g/mol. The highest BCUT2D eigenvalue weighted by Gasteiger charge is 2.36. The van der Waals surface area contributed by atoms with Crippen molar-refractivity contribution >= 4 is 5.91 Å². The number of rotatable bonds is 4. The van der Waals surface area contributed by atoms with Crippen LogP contribution >= 0.6 is 0 Å². The van der Waals surface area contributed by atoms with Crippen LogP contribution in [0.1, 0.15) is 19.8 Å². The van der Waals surface area contributed by atoms with E-state index >= 15 is 0 Å². The zero-order valence-corrected chi connectivity index (χ0v) is 10.3. The van der Waals surface area contributed by atoms with Gasteiger partial charge in [0, 0.05) is 6.54 Å². The minimum Gasteiger partial charge on any atom is -0.395 e. The van der Waals surface area contributed by atoms with Gasteiger partial charge in [-0.3, -0.25) is 4.79 Å². The third-order valence-electron chi connectivity index (χ3n) is 3.02. The van der Waals surface area contributed by atoms with Crippen LogP contribution in [0.4, 0.5) is 13.2 Å². The molecule has 0 saturated carbocycles. The van der Waals surface area contributed by atoms with E-state index in [1.165, 1.54) is 0 Å². The van der Waals surface area contributed by atoms with E-state index in [0.29, 0.717) is 23.8 Å². The first kappa shape index (κ1) is 15.2. The maximum Gasteiger partial charge on any atom is 0.406 e. The lowest BCUT2D eigenvalue weighted by Crippen LogP contribution is -2.52. The molecule has 0 aromatic carbocycles. The molecule has 1 rings (SSSR count). The maximum atomic E-state index is 12.3. The summed E-state index contributed by atoms with van der Waals surface area (Å²) in [6.45, 7) is 0.547. The maximum absolute atomic E-state index is 12.3. The van der Waals surface area contributed by atoms with Crippen molar-refractivity contribution in [3.05, 3.63) is 0 Å². The van der Waals surface area contributed by atoms with Gasteiger partial charge in [-0.1, -0.05) is 6.92 Å². The van der Waals surface area contributed by atoms with Gasteiger partial charge in [-0.05, 0) is 25.3 Å². The summed E-state index contributed by atoms with van der Waals surface area (Å²) >= 11 is 0. The van der Waals surface area contributed by atoms with E-state index in [1.54, 1.807) is 0 Å². The first-order valence-electron chi connectivity index (χ1n) is 6.03. The predicted octanol–water partition coefficient (Wildman–Crippen LogP) is 0.758. The van der Waals surface area contributed by atoms with Crippen molar-refractivity contribution < 1.29 is 23.1 Å². The van der Waals surface area contributed by atoms with Crippen molar-refractivity contribution in [2.45, 2.75) is 32.0 Å². The highest BCUT2D eigenvalue weighted by molar-refractivity contribution is 5.82. The molecule has 1 heterocycles. The van der Waals surface area contributed by atoms with Gasteiger partial charge in [-0.2, -0.15) is 13.2 Å². The number of carbonyl (C=O) groups is 1. The molecule has 0 bridgehead atoms. The van der Waals surface area contributed by atoms with Gasteiger partial charge in [-0.15, -0.1) is 0 Å². The molecule has 0 spiro atoms. The summed E-state index contributed by atoms with van der Waals surface area (Å²) in [4.78, 5) is 12.6. The van der Waals surface area contributed by atoms with E-state index in [2.05, 4.69) is 5.32 Å². The molecule has 1 amide bonds. The van der Waals surface area contributed by atoms with E-state index in [1.807, 2.05) is 6.92 Å². The minimum absolute atomic E-state index is 0.287. The van der Waals surface area contributed by atoms with Crippen LogP contribution in [0.25, 0.3) is 0 Å². The van der Waals surface area contributed by atoms with Crippen LogP contribution < -0.4 is 5.32 Å². The Balaban J connectivity index is 2.63.